The van der Waals surface area contributed by atoms with Crippen molar-refractivity contribution in [1.29, 1.82) is 0 Å². The van der Waals surface area contributed by atoms with Gasteiger partial charge in [0.15, 0.2) is 5.78 Å². The Balaban J connectivity index is 2.31. The Morgan fingerprint density at radius 2 is 1.84 bits per heavy atom. The largest absolute Gasteiger partial charge is 0.294 e. The third kappa shape index (κ3) is 3.27. The van der Waals surface area contributed by atoms with Crippen molar-refractivity contribution in [3.63, 3.8) is 0 Å². The van der Waals surface area contributed by atoms with Gasteiger partial charge in [-0.2, -0.15) is 0 Å². The molecule has 0 bridgehead atoms. The Morgan fingerprint density at radius 1 is 1.11 bits per heavy atom. The number of carbonyl (C=O) groups is 1. The number of hydrogen-bond donors (Lipinski definition) is 0. The standard InChI is InChI=1S/C14H8Cl3FO/c15-9-4-5-12(18)10(7-9)13(19)6-8-2-1-3-11(16)14(8)17/h1-5,7H,6H2. The van der Waals surface area contributed by atoms with Gasteiger partial charge in [0.2, 0.25) is 0 Å². The minimum Gasteiger partial charge on any atom is -0.294 e. The molecule has 2 rings (SSSR count). The molecule has 0 fully saturated rings. The molecule has 19 heavy (non-hydrogen) atoms. The van der Waals surface area contributed by atoms with E-state index in [-0.39, 0.29) is 12.0 Å². The molecule has 2 aromatic carbocycles. The lowest BCUT2D eigenvalue weighted by atomic mass is 10.0. The first kappa shape index (κ1) is 14.3. The summed E-state index contributed by atoms with van der Waals surface area (Å²) in [5.74, 6) is -1.00. The Kier molecular flexibility index (Phi) is 4.46. The van der Waals surface area contributed by atoms with Gasteiger partial charge in [0.05, 0.1) is 15.6 Å². The van der Waals surface area contributed by atoms with Gasteiger partial charge in [-0.25, -0.2) is 4.39 Å². The van der Waals surface area contributed by atoms with Crippen LogP contribution in [0.1, 0.15) is 15.9 Å². The van der Waals surface area contributed by atoms with Gasteiger partial charge in [-0.15, -0.1) is 0 Å². The smallest absolute Gasteiger partial charge is 0.170 e. The summed E-state index contributed by atoms with van der Waals surface area (Å²) < 4.78 is 13.6. The van der Waals surface area contributed by atoms with Crippen molar-refractivity contribution in [2.24, 2.45) is 0 Å². The molecule has 0 spiro atoms. The van der Waals surface area contributed by atoms with E-state index in [9.17, 15) is 9.18 Å². The Morgan fingerprint density at radius 3 is 2.58 bits per heavy atom. The van der Waals surface area contributed by atoms with Crippen LogP contribution in [0.5, 0.6) is 0 Å². The summed E-state index contributed by atoms with van der Waals surface area (Å²) in [6.45, 7) is 0. The lowest BCUT2D eigenvalue weighted by Crippen LogP contribution is -2.06. The van der Waals surface area contributed by atoms with Crippen LogP contribution in [0.25, 0.3) is 0 Å². The molecule has 0 N–H and O–H groups in total. The average Bonchev–Trinajstić information content (AvgIpc) is 2.38. The van der Waals surface area contributed by atoms with Crippen molar-refractivity contribution < 1.29 is 9.18 Å². The van der Waals surface area contributed by atoms with Gasteiger partial charge >= 0.3 is 0 Å². The van der Waals surface area contributed by atoms with E-state index in [0.29, 0.717) is 20.6 Å². The SMILES string of the molecule is O=C(Cc1cccc(Cl)c1Cl)c1cc(Cl)ccc1F. The van der Waals surface area contributed by atoms with Gasteiger partial charge in [0.1, 0.15) is 5.82 Å². The van der Waals surface area contributed by atoms with E-state index in [0.717, 1.165) is 6.07 Å². The lowest BCUT2D eigenvalue weighted by molar-refractivity contribution is 0.0989. The molecule has 5 heteroatoms. The monoisotopic (exact) mass is 316 g/mol. The highest BCUT2D eigenvalue weighted by Gasteiger charge is 2.15. The highest BCUT2D eigenvalue weighted by molar-refractivity contribution is 6.42. The molecule has 1 nitrogen and oxygen atoms in total. The number of ketones is 1. The van der Waals surface area contributed by atoms with Gasteiger partial charge in [0, 0.05) is 11.4 Å². The quantitative estimate of drug-likeness (QED) is 0.710. The number of rotatable bonds is 3. The van der Waals surface area contributed by atoms with Gasteiger partial charge in [0.25, 0.3) is 0 Å². The second-order valence-electron chi connectivity index (χ2n) is 3.94. The van der Waals surface area contributed by atoms with Gasteiger partial charge in [-0.05, 0) is 29.8 Å². The van der Waals surface area contributed by atoms with Crippen LogP contribution in [0.4, 0.5) is 4.39 Å². The molecule has 2 aromatic rings. The molecule has 0 unspecified atom stereocenters. The van der Waals surface area contributed by atoms with Crippen LogP contribution in [0, 0.1) is 5.82 Å². The van der Waals surface area contributed by atoms with E-state index >= 15 is 0 Å². The van der Waals surface area contributed by atoms with Crippen LogP contribution in [0.3, 0.4) is 0 Å². The fourth-order valence-electron chi connectivity index (χ4n) is 1.66. The molecule has 0 aliphatic carbocycles. The molecule has 0 aliphatic heterocycles. The van der Waals surface area contributed by atoms with E-state index in [1.807, 2.05) is 0 Å². The number of carbonyl (C=O) groups excluding carboxylic acids is 1. The maximum Gasteiger partial charge on any atom is 0.170 e. The molecule has 0 saturated heterocycles. The van der Waals surface area contributed by atoms with Crippen LogP contribution in [-0.4, -0.2) is 5.78 Å². The second-order valence-corrected chi connectivity index (χ2v) is 5.16. The van der Waals surface area contributed by atoms with E-state index < -0.39 is 11.6 Å². The molecule has 0 aromatic heterocycles. The molecule has 98 valence electrons. The van der Waals surface area contributed by atoms with Gasteiger partial charge < -0.3 is 0 Å². The molecule has 0 saturated carbocycles. The molecule has 0 heterocycles. The first-order chi connectivity index (χ1) is 8.99. The highest BCUT2D eigenvalue weighted by Crippen LogP contribution is 2.27. The minimum absolute atomic E-state index is 0.0311. The second kappa shape index (κ2) is 5.91. The summed E-state index contributed by atoms with van der Waals surface area (Å²) in [5.41, 5.74) is 0.502. The maximum atomic E-state index is 13.6. The predicted molar refractivity (Wildman–Crippen MR) is 75.9 cm³/mol. The predicted octanol–water partition coefficient (Wildman–Crippen LogP) is 5.21. The maximum absolute atomic E-state index is 13.6. The minimum atomic E-state index is -0.604. The van der Waals surface area contributed by atoms with Crippen molar-refractivity contribution in [2.45, 2.75) is 6.42 Å². The van der Waals surface area contributed by atoms with E-state index in [2.05, 4.69) is 0 Å². The third-order valence-corrected chi connectivity index (χ3v) is 3.70. The van der Waals surface area contributed by atoms with E-state index in [4.69, 9.17) is 34.8 Å². The van der Waals surface area contributed by atoms with Crippen molar-refractivity contribution in [3.8, 4) is 0 Å². The summed E-state index contributed by atoms with van der Waals surface area (Å²) in [6, 6.07) is 8.84. The summed E-state index contributed by atoms with van der Waals surface area (Å²) in [6.07, 6.45) is -0.0311. The first-order valence-electron chi connectivity index (χ1n) is 5.40. The summed E-state index contributed by atoms with van der Waals surface area (Å²) >= 11 is 17.6. The summed E-state index contributed by atoms with van der Waals surface area (Å²) in [4.78, 5) is 12.1. The fourth-order valence-corrected chi connectivity index (χ4v) is 2.22. The zero-order valence-corrected chi connectivity index (χ0v) is 11.9. The zero-order valence-electron chi connectivity index (χ0n) is 9.59. The molecular formula is C14H8Cl3FO. The zero-order chi connectivity index (χ0) is 14.0. The van der Waals surface area contributed by atoms with E-state index in [1.54, 1.807) is 18.2 Å². The molecule has 0 amide bonds. The van der Waals surface area contributed by atoms with Gasteiger partial charge in [-0.3, -0.25) is 4.79 Å². The Bertz CT molecular complexity index is 641. The van der Waals surface area contributed by atoms with Crippen LogP contribution in [0.15, 0.2) is 36.4 Å². The first-order valence-corrected chi connectivity index (χ1v) is 6.53. The lowest BCUT2D eigenvalue weighted by Gasteiger charge is -2.06. The van der Waals surface area contributed by atoms with Crippen molar-refractivity contribution in [3.05, 3.63) is 68.4 Å². The van der Waals surface area contributed by atoms with Gasteiger partial charge in [-0.1, -0.05) is 46.9 Å². The Labute approximate surface area is 124 Å². The van der Waals surface area contributed by atoms with Crippen LogP contribution in [0.2, 0.25) is 15.1 Å². The fraction of sp³-hybridized carbons (Fsp3) is 0.0714. The van der Waals surface area contributed by atoms with Crippen molar-refractivity contribution >= 4 is 40.6 Å². The number of halogens is 4. The van der Waals surface area contributed by atoms with Crippen molar-refractivity contribution in [1.82, 2.24) is 0 Å². The molecule has 0 atom stereocenters. The molecule has 0 radical (unpaired) electrons. The van der Waals surface area contributed by atoms with E-state index in [1.165, 1.54) is 12.1 Å². The molecular weight excluding hydrogens is 310 g/mol. The number of hydrogen-bond acceptors (Lipinski definition) is 1. The van der Waals surface area contributed by atoms with Crippen molar-refractivity contribution in [2.75, 3.05) is 0 Å². The average molecular weight is 318 g/mol. The summed E-state index contributed by atoms with van der Waals surface area (Å²) in [5, 5.41) is 0.973. The Hall–Kier alpha value is -1.09. The van der Waals surface area contributed by atoms with Crippen LogP contribution < -0.4 is 0 Å². The van der Waals surface area contributed by atoms with Crippen LogP contribution in [-0.2, 0) is 6.42 Å². The topological polar surface area (TPSA) is 17.1 Å². The normalized spacial score (nSPS) is 10.5. The third-order valence-electron chi connectivity index (χ3n) is 2.61. The number of benzene rings is 2. The number of Topliss-reactive ketones (excluding diaryl/α,β-unsaturated/α-hetero) is 1. The highest BCUT2D eigenvalue weighted by atomic mass is 35.5. The molecule has 0 aliphatic rings. The summed E-state index contributed by atoms with van der Waals surface area (Å²) in [7, 11) is 0. The van der Waals surface area contributed by atoms with Crippen LogP contribution >= 0.6 is 34.8 Å².